The van der Waals surface area contributed by atoms with Crippen LogP contribution in [0, 0.1) is 0 Å². The highest BCUT2D eigenvalue weighted by atomic mass is 16.5. The smallest absolute Gasteiger partial charge is 0.230 e. The molecule has 0 atom stereocenters. The third kappa shape index (κ3) is 3.99. The van der Waals surface area contributed by atoms with Gasteiger partial charge in [-0.05, 0) is 31.2 Å². The van der Waals surface area contributed by atoms with Crippen LogP contribution in [0.3, 0.4) is 0 Å². The molecule has 0 spiro atoms. The van der Waals surface area contributed by atoms with Crippen LogP contribution >= 0.6 is 0 Å². The highest BCUT2D eigenvalue weighted by Gasteiger charge is 2.13. The second-order valence-corrected chi connectivity index (χ2v) is 4.61. The molecule has 0 unspecified atom stereocenters. The Morgan fingerprint density at radius 1 is 1.10 bits per heavy atom. The Bertz CT molecular complexity index is 584. The van der Waals surface area contributed by atoms with Gasteiger partial charge in [0.05, 0.1) is 18.7 Å². The molecule has 0 bridgehead atoms. The van der Waals surface area contributed by atoms with Gasteiger partial charge in [-0.25, -0.2) is 0 Å². The van der Waals surface area contributed by atoms with E-state index in [1.165, 1.54) is 0 Å². The van der Waals surface area contributed by atoms with Crippen molar-refractivity contribution in [2.45, 2.75) is 13.3 Å². The molecule has 0 fully saturated rings. The number of carbonyl (C=O) groups excluding carboxylic acids is 1. The average Bonchev–Trinajstić information content (AvgIpc) is 2.51. The van der Waals surface area contributed by atoms with Crippen LogP contribution < -0.4 is 15.4 Å². The summed E-state index contributed by atoms with van der Waals surface area (Å²) in [5.74, 6) is 0.659. The normalized spacial score (nSPS) is 10.1. The van der Waals surface area contributed by atoms with Gasteiger partial charge in [0.15, 0.2) is 0 Å². The number of amides is 1. The van der Waals surface area contributed by atoms with E-state index in [0.717, 1.165) is 5.69 Å². The number of hydrogen-bond donors (Lipinski definition) is 1. The van der Waals surface area contributed by atoms with Crippen LogP contribution in [-0.4, -0.2) is 19.1 Å². The summed E-state index contributed by atoms with van der Waals surface area (Å²) in [5.41, 5.74) is 7.28. The van der Waals surface area contributed by atoms with Gasteiger partial charge in [0.2, 0.25) is 5.91 Å². The van der Waals surface area contributed by atoms with Crippen LogP contribution in [0.1, 0.15) is 13.3 Å². The van der Waals surface area contributed by atoms with E-state index in [9.17, 15) is 4.79 Å². The van der Waals surface area contributed by atoms with Crippen molar-refractivity contribution in [3.05, 3.63) is 54.6 Å². The Morgan fingerprint density at radius 3 is 2.43 bits per heavy atom. The van der Waals surface area contributed by atoms with Crippen LogP contribution in [0.5, 0.6) is 5.75 Å². The van der Waals surface area contributed by atoms with Gasteiger partial charge >= 0.3 is 0 Å². The molecular formula is C17H20N2O2. The molecule has 0 aliphatic heterocycles. The van der Waals surface area contributed by atoms with E-state index in [1.807, 2.05) is 49.4 Å². The molecule has 2 N–H and O–H groups in total. The number of benzene rings is 2. The summed E-state index contributed by atoms with van der Waals surface area (Å²) in [4.78, 5) is 14.0. The van der Waals surface area contributed by atoms with E-state index < -0.39 is 0 Å². The van der Waals surface area contributed by atoms with Gasteiger partial charge in [-0.1, -0.05) is 30.3 Å². The molecule has 4 nitrogen and oxygen atoms in total. The van der Waals surface area contributed by atoms with Crippen molar-refractivity contribution in [2.75, 3.05) is 23.8 Å². The molecule has 0 aliphatic carbocycles. The van der Waals surface area contributed by atoms with Crippen molar-refractivity contribution in [3.8, 4) is 5.75 Å². The number of hydrogen-bond acceptors (Lipinski definition) is 3. The third-order valence-corrected chi connectivity index (χ3v) is 3.18. The van der Waals surface area contributed by atoms with Crippen LogP contribution in [0.25, 0.3) is 0 Å². The van der Waals surface area contributed by atoms with Crippen molar-refractivity contribution in [2.24, 2.45) is 0 Å². The van der Waals surface area contributed by atoms with Gasteiger partial charge in [0.1, 0.15) is 5.75 Å². The fourth-order valence-electron chi connectivity index (χ4n) is 2.11. The second kappa shape index (κ2) is 7.33. The fraction of sp³-hybridized carbons (Fsp3) is 0.235. The third-order valence-electron chi connectivity index (χ3n) is 3.18. The lowest BCUT2D eigenvalue weighted by Crippen LogP contribution is -2.31. The van der Waals surface area contributed by atoms with E-state index in [1.54, 1.807) is 17.0 Å². The minimum atomic E-state index is 0.0400. The maximum Gasteiger partial charge on any atom is 0.230 e. The lowest BCUT2D eigenvalue weighted by atomic mass is 10.2. The summed E-state index contributed by atoms with van der Waals surface area (Å²) >= 11 is 0. The molecule has 1 amide bonds. The van der Waals surface area contributed by atoms with Crippen LogP contribution in [0.15, 0.2) is 54.6 Å². The minimum Gasteiger partial charge on any atom is -0.491 e. The van der Waals surface area contributed by atoms with Crippen LogP contribution in [0.4, 0.5) is 11.4 Å². The van der Waals surface area contributed by atoms with E-state index in [0.29, 0.717) is 31.0 Å². The molecule has 0 radical (unpaired) electrons. The van der Waals surface area contributed by atoms with Crippen molar-refractivity contribution in [1.82, 2.24) is 0 Å². The Kier molecular flexibility index (Phi) is 5.21. The lowest BCUT2D eigenvalue weighted by molar-refractivity contribution is -0.119. The van der Waals surface area contributed by atoms with E-state index in [-0.39, 0.29) is 5.91 Å². The maximum absolute atomic E-state index is 12.3. The van der Waals surface area contributed by atoms with Crippen molar-refractivity contribution < 1.29 is 9.53 Å². The number of nitrogen functional groups attached to an aromatic ring is 1. The summed E-state index contributed by atoms with van der Waals surface area (Å²) in [6, 6.07) is 16.9. The number of anilines is 2. The first-order valence-electron chi connectivity index (χ1n) is 7.05. The van der Waals surface area contributed by atoms with Crippen molar-refractivity contribution in [3.63, 3.8) is 0 Å². The summed E-state index contributed by atoms with van der Waals surface area (Å²) in [7, 11) is 0. The van der Waals surface area contributed by atoms with E-state index >= 15 is 0 Å². The predicted molar refractivity (Wildman–Crippen MR) is 85.4 cm³/mol. The molecule has 0 aliphatic rings. The monoisotopic (exact) mass is 284 g/mol. The highest BCUT2D eigenvalue weighted by Crippen LogP contribution is 2.20. The van der Waals surface area contributed by atoms with Gasteiger partial charge in [0, 0.05) is 12.2 Å². The zero-order chi connectivity index (χ0) is 15.1. The minimum absolute atomic E-state index is 0.0400. The van der Waals surface area contributed by atoms with Crippen LogP contribution in [-0.2, 0) is 4.79 Å². The number of para-hydroxylation sites is 3. The molecule has 0 heterocycles. The Morgan fingerprint density at radius 2 is 1.76 bits per heavy atom. The quantitative estimate of drug-likeness (QED) is 0.829. The molecule has 2 rings (SSSR count). The fourth-order valence-corrected chi connectivity index (χ4v) is 2.11. The largest absolute Gasteiger partial charge is 0.491 e. The van der Waals surface area contributed by atoms with Gasteiger partial charge in [0.25, 0.3) is 0 Å². The molecule has 2 aromatic carbocycles. The zero-order valence-corrected chi connectivity index (χ0v) is 12.2. The average molecular weight is 284 g/mol. The molecular weight excluding hydrogens is 264 g/mol. The molecule has 21 heavy (non-hydrogen) atoms. The van der Waals surface area contributed by atoms with Crippen molar-refractivity contribution >= 4 is 17.3 Å². The number of carbonyl (C=O) groups is 1. The zero-order valence-electron chi connectivity index (χ0n) is 12.2. The predicted octanol–water partition coefficient (Wildman–Crippen LogP) is 3.09. The number of nitrogens with zero attached hydrogens (tertiary/aromatic N) is 1. The Labute approximate surface area is 125 Å². The summed E-state index contributed by atoms with van der Waals surface area (Å²) in [6.45, 7) is 2.91. The topological polar surface area (TPSA) is 55.6 Å². The molecule has 4 heteroatoms. The molecule has 0 aromatic heterocycles. The molecule has 0 saturated heterocycles. The van der Waals surface area contributed by atoms with Gasteiger partial charge < -0.3 is 15.4 Å². The number of rotatable bonds is 6. The highest BCUT2D eigenvalue weighted by molar-refractivity contribution is 5.93. The lowest BCUT2D eigenvalue weighted by Gasteiger charge is -2.21. The number of nitrogens with two attached hydrogens (primary N) is 1. The van der Waals surface area contributed by atoms with Crippen LogP contribution in [0.2, 0.25) is 0 Å². The summed E-state index contributed by atoms with van der Waals surface area (Å²) < 4.78 is 5.57. The SMILES string of the molecule is CCN(C(=O)CCOc1ccccc1N)c1ccccc1. The summed E-state index contributed by atoms with van der Waals surface area (Å²) in [6.07, 6.45) is 0.317. The summed E-state index contributed by atoms with van der Waals surface area (Å²) in [5, 5.41) is 0. The second-order valence-electron chi connectivity index (χ2n) is 4.61. The molecule has 0 saturated carbocycles. The molecule has 2 aromatic rings. The maximum atomic E-state index is 12.3. The Balaban J connectivity index is 1.90. The Hall–Kier alpha value is -2.49. The first-order valence-corrected chi connectivity index (χ1v) is 7.05. The van der Waals surface area contributed by atoms with Crippen molar-refractivity contribution in [1.29, 1.82) is 0 Å². The van der Waals surface area contributed by atoms with Gasteiger partial charge in [-0.15, -0.1) is 0 Å². The van der Waals surface area contributed by atoms with Gasteiger partial charge in [-0.2, -0.15) is 0 Å². The standard InChI is InChI=1S/C17H20N2O2/c1-2-19(14-8-4-3-5-9-14)17(20)12-13-21-16-11-7-6-10-15(16)18/h3-11H,2,12-13,18H2,1H3. The van der Waals surface area contributed by atoms with Gasteiger partial charge in [-0.3, -0.25) is 4.79 Å². The molecule has 110 valence electrons. The van der Waals surface area contributed by atoms with E-state index in [2.05, 4.69) is 0 Å². The first kappa shape index (κ1) is 14.9. The first-order chi connectivity index (χ1) is 10.2. The number of ether oxygens (including phenoxy) is 1. The van der Waals surface area contributed by atoms with E-state index in [4.69, 9.17) is 10.5 Å².